The highest BCUT2D eigenvalue weighted by molar-refractivity contribution is 6.30. The molecule has 1 atom stereocenters. The molecule has 1 aromatic rings. The molecule has 1 saturated carbocycles. The van der Waals surface area contributed by atoms with Gasteiger partial charge in [-0.05, 0) is 39.5 Å². The van der Waals surface area contributed by atoms with Gasteiger partial charge in [0.25, 0.3) is 0 Å². The Balaban J connectivity index is 2.27. The summed E-state index contributed by atoms with van der Waals surface area (Å²) < 4.78 is 5.93. The van der Waals surface area contributed by atoms with E-state index in [1.54, 1.807) is 0 Å². The van der Waals surface area contributed by atoms with Gasteiger partial charge in [-0.2, -0.15) is 0 Å². The molecule has 1 fully saturated rings. The number of hydrogen-bond acceptors (Lipinski definition) is 3. The Morgan fingerprint density at radius 2 is 1.89 bits per heavy atom. The van der Waals surface area contributed by atoms with E-state index in [1.165, 1.54) is 32.1 Å². The van der Waals surface area contributed by atoms with Gasteiger partial charge in [0.15, 0.2) is 5.82 Å². The highest BCUT2D eigenvalue weighted by Crippen LogP contribution is 2.36. The maximum Gasteiger partial charge on any atom is 0.159 e. The molecule has 0 spiro atoms. The minimum absolute atomic E-state index is 0.00194. The Labute approximate surface area is 120 Å². The van der Waals surface area contributed by atoms with Crippen molar-refractivity contribution in [1.29, 1.82) is 0 Å². The summed E-state index contributed by atoms with van der Waals surface area (Å²) in [4.78, 5) is 9.06. The van der Waals surface area contributed by atoms with Crippen molar-refractivity contribution in [2.75, 3.05) is 6.61 Å². The standard InChI is InChI=1S/C15H23ClN2O/c1-4-19-13(12-8-6-5-7-9-12)15-17-11(3)10(2)14(16)18-15/h12-13H,4-9H2,1-3H3. The van der Waals surface area contributed by atoms with Crippen LogP contribution in [0, 0.1) is 19.8 Å². The van der Waals surface area contributed by atoms with Crippen LogP contribution in [0.4, 0.5) is 0 Å². The molecule has 0 aliphatic heterocycles. The van der Waals surface area contributed by atoms with Crippen molar-refractivity contribution in [3.63, 3.8) is 0 Å². The third kappa shape index (κ3) is 3.46. The molecule has 1 aliphatic rings. The monoisotopic (exact) mass is 282 g/mol. The summed E-state index contributed by atoms with van der Waals surface area (Å²) in [5, 5.41) is 0.558. The molecule has 0 bridgehead atoms. The van der Waals surface area contributed by atoms with Gasteiger partial charge in [0.05, 0.1) is 0 Å². The number of rotatable bonds is 4. The normalized spacial score (nSPS) is 18.5. The van der Waals surface area contributed by atoms with Crippen molar-refractivity contribution in [1.82, 2.24) is 9.97 Å². The van der Waals surface area contributed by atoms with Gasteiger partial charge in [-0.25, -0.2) is 9.97 Å². The van der Waals surface area contributed by atoms with E-state index in [9.17, 15) is 0 Å². The lowest BCUT2D eigenvalue weighted by atomic mass is 9.85. The summed E-state index contributed by atoms with van der Waals surface area (Å²) >= 11 is 6.20. The fourth-order valence-corrected chi connectivity index (χ4v) is 3.00. The zero-order valence-corrected chi connectivity index (χ0v) is 12.8. The summed E-state index contributed by atoms with van der Waals surface area (Å²) in [5.74, 6) is 1.30. The van der Waals surface area contributed by atoms with Crippen molar-refractivity contribution in [3.8, 4) is 0 Å². The molecule has 0 saturated heterocycles. The molecule has 2 rings (SSSR count). The van der Waals surface area contributed by atoms with Crippen molar-refractivity contribution in [2.24, 2.45) is 5.92 Å². The zero-order valence-electron chi connectivity index (χ0n) is 12.1. The first kappa shape index (κ1) is 14.7. The molecule has 0 N–H and O–H groups in total. The van der Waals surface area contributed by atoms with Gasteiger partial charge < -0.3 is 4.74 Å². The van der Waals surface area contributed by atoms with E-state index < -0.39 is 0 Å². The predicted molar refractivity (Wildman–Crippen MR) is 77.5 cm³/mol. The lowest BCUT2D eigenvalue weighted by Gasteiger charge is -2.29. The smallest absolute Gasteiger partial charge is 0.159 e. The van der Waals surface area contributed by atoms with E-state index in [1.807, 2.05) is 20.8 Å². The van der Waals surface area contributed by atoms with Gasteiger partial charge >= 0.3 is 0 Å². The van der Waals surface area contributed by atoms with Crippen LogP contribution in [-0.4, -0.2) is 16.6 Å². The molecule has 19 heavy (non-hydrogen) atoms. The van der Waals surface area contributed by atoms with Gasteiger partial charge in [-0.1, -0.05) is 30.9 Å². The Hall–Kier alpha value is -0.670. The van der Waals surface area contributed by atoms with Crippen LogP contribution in [0.15, 0.2) is 0 Å². The summed E-state index contributed by atoms with van der Waals surface area (Å²) in [6.45, 7) is 6.65. The molecule has 1 aliphatic carbocycles. The molecule has 1 unspecified atom stereocenters. The minimum atomic E-state index is 0.00194. The van der Waals surface area contributed by atoms with E-state index in [4.69, 9.17) is 16.3 Å². The van der Waals surface area contributed by atoms with Crippen LogP contribution < -0.4 is 0 Å². The molecule has 106 valence electrons. The topological polar surface area (TPSA) is 35.0 Å². The second-order valence-corrected chi connectivity index (χ2v) is 5.72. The number of aryl methyl sites for hydroxylation is 1. The van der Waals surface area contributed by atoms with E-state index in [2.05, 4.69) is 9.97 Å². The van der Waals surface area contributed by atoms with Gasteiger partial charge in [0, 0.05) is 17.9 Å². The summed E-state index contributed by atoms with van der Waals surface area (Å²) in [6, 6.07) is 0. The van der Waals surface area contributed by atoms with Crippen molar-refractivity contribution < 1.29 is 4.74 Å². The molecule has 0 radical (unpaired) electrons. The largest absolute Gasteiger partial charge is 0.370 e. The second kappa shape index (κ2) is 6.67. The Morgan fingerprint density at radius 1 is 1.21 bits per heavy atom. The third-order valence-electron chi connectivity index (χ3n) is 4.03. The van der Waals surface area contributed by atoms with Gasteiger partial charge in [0.1, 0.15) is 11.3 Å². The first-order valence-electron chi connectivity index (χ1n) is 7.25. The lowest BCUT2D eigenvalue weighted by molar-refractivity contribution is -0.000300. The van der Waals surface area contributed by atoms with E-state index in [-0.39, 0.29) is 6.10 Å². The van der Waals surface area contributed by atoms with E-state index >= 15 is 0 Å². The first-order valence-corrected chi connectivity index (χ1v) is 7.63. The van der Waals surface area contributed by atoms with Crippen LogP contribution in [0.25, 0.3) is 0 Å². The van der Waals surface area contributed by atoms with E-state index in [0.29, 0.717) is 17.7 Å². The number of nitrogens with zero attached hydrogens (tertiary/aromatic N) is 2. The highest BCUT2D eigenvalue weighted by atomic mass is 35.5. The predicted octanol–water partition coefficient (Wildman–Crippen LogP) is 4.40. The summed E-state index contributed by atoms with van der Waals surface area (Å²) in [5.41, 5.74) is 1.92. The number of halogens is 1. The van der Waals surface area contributed by atoms with Crippen LogP contribution in [0.3, 0.4) is 0 Å². The summed E-state index contributed by atoms with van der Waals surface area (Å²) in [7, 11) is 0. The zero-order chi connectivity index (χ0) is 13.8. The summed E-state index contributed by atoms with van der Waals surface area (Å²) in [6.07, 6.45) is 6.32. The molecule has 4 heteroatoms. The Bertz CT molecular complexity index is 407. The lowest BCUT2D eigenvalue weighted by Crippen LogP contribution is -2.22. The minimum Gasteiger partial charge on any atom is -0.370 e. The van der Waals surface area contributed by atoms with Crippen molar-refractivity contribution >= 4 is 11.6 Å². The van der Waals surface area contributed by atoms with Crippen LogP contribution in [0.1, 0.15) is 62.2 Å². The fourth-order valence-electron chi connectivity index (χ4n) is 2.78. The maximum atomic E-state index is 6.20. The van der Waals surface area contributed by atoms with Crippen LogP contribution >= 0.6 is 11.6 Å². The number of hydrogen-bond donors (Lipinski definition) is 0. The number of aromatic nitrogens is 2. The molecular weight excluding hydrogens is 260 g/mol. The SMILES string of the molecule is CCOC(c1nc(C)c(C)c(Cl)n1)C1CCCCC1. The Kier molecular flexibility index (Phi) is 5.17. The first-order chi connectivity index (χ1) is 9.13. The van der Waals surface area contributed by atoms with E-state index in [0.717, 1.165) is 17.1 Å². The van der Waals surface area contributed by atoms with Gasteiger partial charge in [-0.15, -0.1) is 0 Å². The fraction of sp³-hybridized carbons (Fsp3) is 0.733. The molecule has 0 amide bonds. The molecule has 0 aromatic carbocycles. The second-order valence-electron chi connectivity index (χ2n) is 5.36. The molecule has 1 heterocycles. The van der Waals surface area contributed by atoms with Crippen LogP contribution in [0.2, 0.25) is 5.15 Å². The Morgan fingerprint density at radius 3 is 2.47 bits per heavy atom. The third-order valence-corrected chi connectivity index (χ3v) is 4.39. The van der Waals surface area contributed by atoms with Crippen molar-refractivity contribution in [2.45, 2.75) is 59.0 Å². The van der Waals surface area contributed by atoms with Crippen LogP contribution in [0.5, 0.6) is 0 Å². The quantitative estimate of drug-likeness (QED) is 0.768. The molecule has 3 nitrogen and oxygen atoms in total. The maximum absolute atomic E-state index is 6.20. The van der Waals surface area contributed by atoms with Crippen molar-refractivity contribution in [3.05, 3.63) is 22.2 Å². The average molecular weight is 283 g/mol. The molecule has 1 aromatic heterocycles. The highest BCUT2D eigenvalue weighted by Gasteiger charge is 2.28. The van der Waals surface area contributed by atoms with Gasteiger partial charge in [-0.3, -0.25) is 0 Å². The number of ether oxygens (including phenoxy) is 1. The average Bonchev–Trinajstić information content (AvgIpc) is 2.42. The van der Waals surface area contributed by atoms with Gasteiger partial charge in [0.2, 0.25) is 0 Å². The van der Waals surface area contributed by atoms with Crippen LogP contribution in [-0.2, 0) is 4.74 Å². The molecular formula is C15H23ClN2O.